The van der Waals surface area contributed by atoms with Crippen LogP contribution in [0.1, 0.15) is 24.0 Å². The zero-order chi connectivity index (χ0) is 14.4. The van der Waals surface area contributed by atoms with E-state index in [0.717, 1.165) is 37.1 Å². The Morgan fingerprint density at radius 3 is 2.57 bits per heavy atom. The maximum atomic E-state index is 12.7. The van der Waals surface area contributed by atoms with E-state index >= 15 is 0 Å². The minimum Gasteiger partial charge on any atom is -0.316 e. The summed E-state index contributed by atoms with van der Waals surface area (Å²) < 4.78 is 27.2. The smallest absolute Gasteiger partial charge is 0.243 e. The molecule has 2 aliphatic heterocycles. The number of nitrogens with zero attached hydrogens (tertiary/aromatic N) is 1. The predicted octanol–water partition coefficient (Wildman–Crippen LogP) is 2.10. The summed E-state index contributed by atoms with van der Waals surface area (Å²) in [6.45, 7) is 7.23. The van der Waals surface area contributed by atoms with Gasteiger partial charge in [-0.15, -0.1) is 12.4 Å². The van der Waals surface area contributed by atoms with Crippen molar-refractivity contribution in [1.82, 2.24) is 9.62 Å². The highest BCUT2D eigenvalue weighted by atomic mass is 35.5. The van der Waals surface area contributed by atoms with E-state index < -0.39 is 10.0 Å². The second-order valence-corrected chi connectivity index (χ2v) is 8.20. The van der Waals surface area contributed by atoms with Crippen LogP contribution in [0.3, 0.4) is 0 Å². The van der Waals surface area contributed by atoms with Gasteiger partial charge in [-0.1, -0.05) is 6.07 Å². The van der Waals surface area contributed by atoms with E-state index in [1.165, 1.54) is 0 Å². The van der Waals surface area contributed by atoms with Gasteiger partial charge in [0.15, 0.2) is 0 Å². The average Bonchev–Trinajstić information content (AvgIpc) is 3.04. The normalized spacial score (nSPS) is 26.2. The van der Waals surface area contributed by atoms with E-state index in [1.54, 1.807) is 16.4 Å². The van der Waals surface area contributed by atoms with Crippen molar-refractivity contribution in [2.45, 2.75) is 31.6 Å². The monoisotopic (exact) mass is 330 g/mol. The van der Waals surface area contributed by atoms with Crippen molar-refractivity contribution < 1.29 is 8.42 Å². The summed E-state index contributed by atoms with van der Waals surface area (Å²) in [4.78, 5) is 0.434. The fourth-order valence-electron chi connectivity index (χ4n) is 3.27. The summed E-state index contributed by atoms with van der Waals surface area (Å²) in [5, 5.41) is 3.36. The van der Waals surface area contributed by atoms with Crippen LogP contribution in [0.5, 0.6) is 0 Å². The summed E-state index contributed by atoms with van der Waals surface area (Å²) in [5.41, 5.74) is 2.33. The predicted molar refractivity (Wildman–Crippen MR) is 86.5 cm³/mol. The van der Waals surface area contributed by atoms with Gasteiger partial charge in [-0.3, -0.25) is 0 Å². The van der Waals surface area contributed by atoms with Gasteiger partial charge in [0.1, 0.15) is 0 Å². The molecule has 21 heavy (non-hydrogen) atoms. The van der Waals surface area contributed by atoms with Gasteiger partial charge in [-0.05, 0) is 61.9 Å². The lowest BCUT2D eigenvalue weighted by Crippen LogP contribution is -2.33. The van der Waals surface area contributed by atoms with Gasteiger partial charge in [0.2, 0.25) is 10.0 Å². The molecule has 2 saturated heterocycles. The molecule has 1 unspecified atom stereocenters. The number of aryl methyl sites for hydroxylation is 2. The Hall–Kier alpha value is -0.620. The number of nitrogens with one attached hydrogen (secondary N) is 1. The van der Waals surface area contributed by atoms with Gasteiger partial charge in [-0.25, -0.2) is 8.42 Å². The zero-order valence-corrected chi connectivity index (χ0v) is 14.2. The van der Waals surface area contributed by atoms with Crippen LogP contribution < -0.4 is 5.32 Å². The number of halogens is 1. The van der Waals surface area contributed by atoms with E-state index in [9.17, 15) is 8.42 Å². The molecule has 1 aromatic carbocycles. The van der Waals surface area contributed by atoms with Crippen molar-refractivity contribution in [3.05, 3.63) is 29.3 Å². The van der Waals surface area contributed by atoms with Crippen LogP contribution in [0.2, 0.25) is 0 Å². The Kier molecular flexibility index (Phi) is 4.69. The molecule has 2 heterocycles. The number of hydrogen-bond donors (Lipinski definition) is 1. The fraction of sp³-hybridized carbons (Fsp3) is 0.600. The second-order valence-electron chi connectivity index (χ2n) is 6.26. The maximum absolute atomic E-state index is 12.7. The van der Waals surface area contributed by atoms with Gasteiger partial charge in [0.25, 0.3) is 0 Å². The summed E-state index contributed by atoms with van der Waals surface area (Å²) in [6, 6.07) is 5.42. The molecule has 0 aliphatic carbocycles. The van der Waals surface area contributed by atoms with Gasteiger partial charge in [-0.2, -0.15) is 4.31 Å². The number of hydrogen-bond acceptors (Lipinski definition) is 3. The molecule has 0 saturated carbocycles. The van der Waals surface area contributed by atoms with Crippen molar-refractivity contribution >= 4 is 22.4 Å². The molecule has 0 bridgehead atoms. The Morgan fingerprint density at radius 1 is 1.19 bits per heavy atom. The molecule has 1 spiro atoms. The minimum absolute atomic E-state index is 0. The van der Waals surface area contributed by atoms with Crippen molar-refractivity contribution in [3.63, 3.8) is 0 Å². The molecule has 118 valence electrons. The van der Waals surface area contributed by atoms with Crippen molar-refractivity contribution in [1.29, 1.82) is 0 Å². The number of rotatable bonds is 2. The molecule has 0 amide bonds. The molecule has 2 aliphatic rings. The van der Waals surface area contributed by atoms with Crippen LogP contribution in [-0.4, -0.2) is 38.9 Å². The summed E-state index contributed by atoms with van der Waals surface area (Å²) in [7, 11) is -3.34. The van der Waals surface area contributed by atoms with Gasteiger partial charge in [0.05, 0.1) is 4.90 Å². The third-order valence-electron chi connectivity index (χ3n) is 4.85. The summed E-state index contributed by atoms with van der Waals surface area (Å²) >= 11 is 0. The molecular weight excluding hydrogens is 308 g/mol. The molecule has 0 radical (unpaired) electrons. The van der Waals surface area contributed by atoms with E-state index in [-0.39, 0.29) is 17.8 Å². The third kappa shape index (κ3) is 2.97. The molecule has 2 fully saturated rings. The minimum atomic E-state index is -3.34. The topological polar surface area (TPSA) is 49.4 Å². The summed E-state index contributed by atoms with van der Waals surface area (Å²) in [6.07, 6.45) is 2.07. The van der Waals surface area contributed by atoms with E-state index in [2.05, 4.69) is 5.32 Å². The highest BCUT2D eigenvalue weighted by Crippen LogP contribution is 2.38. The lowest BCUT2D eigenvalue weighted by Gasteiger charge is -2.22. The Morgan fingerprint density at radius 2 is 1.95 bits per heavy atom. The van der Waals surface area contributed by atoms with Gasteiger partial charge >= 0.3 is 0 Å². The lowest BCUT2D eigenvalue weighted by atomic mass is 9.87. The highest BCUT2D eigenvalue weighted by Gasteiger charge is 2.44. The molecule has 6 heteroatoms. The zero-order valence-electron chi connectivity index (χ0n) is 12.6. The first kappa shape index (κ1) is 16.7. The molecule has 1 atom stereocenters. The Labute approximate surface area is 133 Å². The van der Waals surface area contributed by atoms with E-state index in [0.29, 0.717) is 18.0 Å². The first-order valence-corrected chi connectivity index (χ1v) is 8.65. The molecule has 1 N–H and O–H groups in total. The van der Waals surface area contributed by atoms with Crippen LogP contribution in [0, 0.1) is 19.3 Å². The molecule has 3 rings (SSSR count). The van der Waals surface area contributed by atoms with Crippen LogP contribution in [0.25, 0.3) is 0 Å². The second kappa shape index (κ2) is 5.88. The van der Waals surface area contributed by atoms with Gasteiger partial charge < -0.3 is 5.32 Å². The quantitative estimate of drug-likeness (QED) is 0.903. The average molecular weight is 331 g/mol. The SMILES string of the molecule is Cc1ccc(S(=O)(=O)N2CCC3(CCNC3)C2)cc1C.Cl. The maximum Gasteiger partial charge on any atom is 0.243 e. The largest absolute Gasteiger partial charge is 0.316 e. The van der Waals surface area contributed by atoms with E-state index in [1.807, 2.05) is 19.9 Å². The highest BCUT2D eigenvalue weighted by molar-refractivity contribution is 7.89. The van der Waals surface area contributed by atoms with Crippen LogP contribution in [0.15, 0.2) is 23.1 Å². The van der Waals surface area contributed by atoms with Gasteiger partial charge in [0, 0.05) is 19.6 Å². The van der Waals surface area contributed by atoms with Crippen molar-refractivity contribution in [2.75, 3.05) is 26.2 Å². The lowest BCUT2D eigenvalue weighted by molar-refractivity contribution is 0.338. The first-order valence-electron chi connectivity index (χ1n) is 7.21. The molecular formula is C15H23ClN2O2S. The fourth-order valence-corrected chi connectivity index (χ4v) is 4.91. The molecule has 4 nitrogen and oxygen atoms in total. The van der Waals surface area contributed by atoms with Crippen LogP contribution in [0.4, 0.5) is 0 Å². The number of benzene rings is 1. The standard InChI is InChI=1S/C15H22N2O2S.ClH/c1-12-3-4-14(9-13(12)2)20(18,19)17-8-6-15(11-17)5-7-16-10-15;/h3-4,9,16H,5-8,10-11H2,1-2H3;1H. The third-order valence-corrected chi connectivity index (χ3v) is 6.69. The van der Waals surface area contributed by atoms with Crippen molar-refractivity contribution in [2.24, 2.45) is 5.41 Å². The van der Waals surface area contributed by atoms with Crippen LogP contribution >= 0.6 is 12.4 Å². The molecule has 1 aromatic rings. The van der Waals surface area contributed by atoms with E-state index in [4.69, 9.17) is 0 Å². The Bertz CT molecular complexity index is 625. The number of sulfonamides is 1. The van der Waals surface area contributed by atoms with Crippen LogP contribution in [-0.2, 0) is 10.0 Å². The Balaban J connectivity index is 0.00000161. The first-order chi connectivity index (χ1) is 9.43. The molecule has 0 aromatic heterocycles. The van der Waals surface area contributed by atoms with Crippen molar-refractivity contribution in [3.8, 4) is 0 Å². The summed E-state index contributed by atoms with van der Waals surface area (Å²) in [5.74, 6) is 0.